The van der Waals surface area contributed by atoms with Gasteiger partial charge in [0, 0.05) is 0 Å². The molecule has 216 valence electrons. The van der Waals surface area contributed by atoms with Gasteiger partial charge >= 0.3 is 256 Å². The molecule has 0 heterocycles. The number of benzene rings is 6. The van der Waals surface area contributed by atoms with Gasteiger partial charge < -0.3 is 0 Å². The Hall–Kier alpha value is -3.35. The molecule has 3 heteroatoms. The number of hydrogen-bond acceptors (Lipinski definition) is 0. The fraction of sp³-hybridized carbons (Fsp3) is 0.0976. The maximum atomic E-state index is 5.28. The van der Waals surface area contributed by atoms with E-state index in [0.29, 0.717) is 0 Å². The van der Waals surface area contributed by atoms with Crippen molar-refractivity contribution in [3.05, 3.63) is 165 Å². The average molecular weight is 689 g/mol. The van der Waals surface area contributed by atoms with Crippen LogP contribution in [0.15, 0.2) is 133 Å². The van der Waals surface area contributed by atoms with Crippen LogP contribution in [0.2, 0.25) is 0 Å². The molecule has 0 nitrogen and oxygen atoms in total. The molecule has 0 aromatic heterocycles. The van der Waals surface area contributed by atoms with Gasteiger partial charge in [-0.2, -0.15) is 0 Å². The predicted molar refractivity (Wildman–Crippen MR) is 191 cm³/mol. The molecule has 2 atom stereocenters. The minimum atomic E-state index is -2.82. The van der Waals surface area contributed by atoms with Crippen molar-refractivity contribution < 1.29 is 21.3 Å². The molecule has 0 aliphatic heterocycles. The summed E-state index contributed by atoms with van der Waals surface area (Å²) in [5, 5.41) is 10.7. The molecule has 0 spiro atoms. The van der Waals surface area contributed by atoms with Crippen LogP contribution in [0.5, 0.6) is 0 Å². The normalized spacial score (nSPS) is 19.8. The Morgan fingerprint density at radius 3 is 1.27 bits per heavy atom. The zero-order chi connectivity index (χ0) is 28.5. The summed E-state index contributed by atoms with van der Waals surface area (Å²) in [4.78, 5) is 0. The van der Waals surface area contributed by atoms with Crippen LogP contribution in [0.1, 0.15) is 25.0 Å². The summed E-state index contributed by atoms with van der Waals surface area (Å²) < 4.78 is 8.43. The summed E-state index contributed by atoms with van der Waals surface area (Å²) in [6.45, 7) is 4.91. The van der Waals surface area contributed by atoms with Crippen molar-refractivity contribution in [2.75, 3.05) is 0 Å². The van der Waals surface area contributed by atoms with Crippen LogP contribution in [-0.4, -0.2) is 4.21 Å². The summed E-state index contributed by atoms with van der Waals surface area (Å²) in [5.74, 6) is 0. The molecule has 2 aliphatic carbocycles. The molecule has 44 heavy (non-hydrogen) atoms. The SMILES string of the molecule is Cl.Cl.[CH2]=[Zr]([C]1=c2ccccc2=CC1(C)c1cccc2ccccc12)[C]1=c2ccccc2=CC1(C)c1cccc2ccccc12. The van der Waals surface area contributed by atoms with Gasteiger partial charge in [0.05, 0.1) is 0 Å². The minimum absolute atomic E-state index is 0. The Morgan fingerprint density at radius 1 is 0.455 bits per heavy atom. The predicted octanol–water partition coefficient (Wildman–Crippen LogP) is 7.31. The zero-order valence-corrected chi connectivity index (χ0v) is 29.0. The first kappa shape index (κ1) is 30.7. The number of fused-ring (bicyclic) bond motifs is 4. The fourth-order valence-electron chi connectivity index (χ4n) is 7.89. The van der Waals surface area contributed by atoms with Crippen LogP contribution < -0.4 is 20.9 Å². The number of hydrogen-bond donors (Lipinski definition) is 0. The summed E-state index contributed by atoms with van der Waals surface area (Å²) in [6, 6.07) is 49.4. The van der Waals surface area contributed by atoms with Gasteiger partial charge in [-0.3, -0.25) is 0 Å². The molecule has 0 fully saturated rings. The first-order chi connectivity index (χ1) is 20.5. The Kier molecular flexibility index (Phi) is 8.04. The van der Waals surface area contributed by atoms with Gasteiger partial charge in [0.25, 0.3) is 0 Å². The van der Waals surface area contributed by atoms with Crippen LogP contribution in [-0.2, 0) is 32.1 Å². The van der Waals surface area contributed by atoms with Crippen molar-refractivity contribution in [3.63, 3.8) is 0 Å². The Balaban J connectivity index is 0.00000171. The number of rotatable bonds is 4. The van der Waals surface area contributed by atoms with Gasteiger partial charge in [-0.05, 0) is 0 Å². The monoisotopic (exact) mass is 686 g/mol. The van der Waals surface area contributed by atoms with Gasteiger partial charge in [0.1, 0.15) is 0 Å². The number of halogens is 2. The van der Waals surface area contributed by atoms with Crippen molar-refractivity contribution in [3.8, 4) is 0 Å². The topological polar surface area (TPSA) is 0 Å². The van der Waals surface area contributed by atoms with Crippen LogP contribution in [0.25, 0.3) is 40.3 Å². The third kappa shape index (κ3) is 4.48. The molecule has 0 N–H and O–H groups in total. The maximum absolute atomic E-state index is 5.28. The fourth-order valence-corrected chi connectivity index (χ4v) is 15.3. The third-order valence-electron chi connectivity index (χ3n) is 9.69. The van der Waals surface area contributed by atoms with Gasteiger partial charge in [-0.1, -0.05) is 0 Å². The van der Waals surface area contributed by atoms with Crippen molar-refractivity contribution in [1.29, 1.82) is 0 Å². The average Bonchev–Trinajstić information content (AvgIpc) is 3.51. The van der Waals surface area contributed by atoms with E-state index in [1.54, 1.807) is 6.56 Å². The second kappa shape index (κ2) is 11.5. The van der Waals surface area contributed by atoms with Crippen molar-refractivity contribution in [1.82, 2.24) is 0 Å². The van der Waals surface area contributed by atoms with E-state index in [4.69, 9.17) is 4.21 Å². The Morgan fingerprint density at radius 2 is 0.818 bits per heavy atom. The van der Waals surface area contributed by atoms with Crippen molar-refractivity contribution in [2.24, 2.45) is 0 Å². The molecule has 0 saturated heterocycles. The molecular formula is C41H34Cl2Zr. The molecular weight excluding hydrogens is 655 g/mol. The summed E-state index contributed by atoms with van der Waals surface area (Å²) in [5.41, 5.74) is 2.31. The van der Waals surface area contributed by atoms with Crippen molar-refractivity contribution >= 4 is 69.3 Å². The molecule has 0 radical (unpaired) electrons. The summed E-state index contributed by atoms with van der Waals surface area (Å²) in [7, 11) is 0. The zero-order valence-electron chi connectivity index (χ0n) is 24.9. The van der Waals surface area contributed by atoms with Gasteiger partial charge in [-0.15, -0.1) is 24.8 Å². The van der Waals surface area contributed by atoms with E-state index in [0.717, 1.165) is 0 Å². The second-order valence-corrected chi connectivity index (χ2v) is 17.0. The van der Waals surface area contributed by atoms with Crippen LogP contribution in [0.4, 0.5) is 0 Å². The van der Waals surface area contributed by atoms with Crippen LogP contribution in [0, 0.1) is 0 Å². The van der Waals surface area contributed by atoms with E-state index in [-0.39, 0.29) is 35.6 Å². The van der Waals surface area contributed by atoms with E-state index in [9.17, 15) is 0 Å². The molecule has 6 aromatic rings. The first-order valence-electron chi connectivity index (χ1n) is 14.8. The molecule has 6 aromatic carbocycles. The van der Waals surface area contributed by atoms with Gasteiger partial charge in [0.15, 0.2) is 0 Å². The van der Waals surface area contributed by atoms with E-state index in [1.165, 1.54) is 53.5 Å². The molecule has 0 saturated carbocycles. The summed E-state index contributed by atoms with van der Waals surface area (Å²) in [6.07, 6.45) is 5.07. The first-order valence-corrected chi connectivity index (χ1v) is 19.0. The molecule has 0 amide bonds. The van der Waals surface area contributed by atoms with E-state index in [2.05, 4.69) is 159 Å². The summed E-state index contributed by atoms with van der Waals surface area (Å²) >= 11 is -2.82. The molecule has 2 unspecified atom stereocenters. The molecule has 2 aliphatic rings. The Labute approximate surface area is 278 Å². The van der Waals surface area contributed by atoms with Crippen molar-refractivity contribution in [2.45, 2.75) is 24.7 Å². The van der Waals surface area contributed by atoms with Gasteiger partial charge in [0.2, 0.25) is 0 Å². The molecule has 0 bridgehead atoms. The van der Waals surface area contributed by atoms with Crippen LogP contribution >= 0.6 is 24.8 Å². The molecule has 8 rings (SSSR count). The van der Waals surface area contributed by atoms with E-state index < -0.39 is 21.3 Å². The Bertz CT molecular complexity index is 2190. The quantitative estimate of drug-likeness (QED) is 0.182. The third-order valence-corrected chi connectivity index (χ3v) is 16.5. The second-order valence-electron chi connectivity index (χ2n) is 12.1. The van der Waals surface area contributed by atoms with E-state index in [1.807, 2.05) is 0 Å². The van der Waals surface area contributed by atoms with Crippen LogP contribution in [0.3, 0.4) is 0 Å². The standard InChI is InChI=1S/2C20H15.CH2.2ClH.Zr/c2*1-20(13-16-8-2-3-9-17(16)14-20)19-12-6-10-15-7-4-5-11-18(15)19;;;;/h2*2-13H,1H3;1H2;2*1H;. The van der Waals surface area contributed by atoms with Gasteiger partial charge in [-0.25, -0.2) is 0 Å². The van der Waals surface area contributed by atoms with E-state index >= 15 is 0 Å².